The van der Waals surface area contributed by atoms with E-state index >= 15 is 0 Å². The van der Waals surface area contributed by atoms with Crippen LogP contribution in [0.2, 0.25) is 0 Å². The van der Waals surface area contributed by atoms with Crippen molar-refractivity contribution in [3.63, 3.8) is 0 Å². The van der Waals surface area contributed by atoms with Crippen molar-refractivity contribution in [3.8, 4) is 0 Å². The maximum absolute atomic E-state index is 11.7. The quantitative estimate of drug-likeness (QED) is 0.380. The summed E-state index contributed by atoms with van der Waals surface area (Å²) in [5.41, 5.74) is 2.05. The molecule has 4 heteroatoms. The van der Waals surface area contributed by atoms with Crippen LogP contribution < -0.4 is 0 Å². The van der Waals surface area contributed by atoms with Crippen LogP contribution in [0.15, 0.2) is 11.6 Å². The molecule has 0 bridgehead atoms. The molecule has 0 spiro atoms. The minimum absolute atomic E-state index is 0.149. The lowest BCUT2D eigenvalue weighted by Gasteiger charge is -2.58. The van der Waals surface area contributed by atoms with E-state index in [1.807, 2.05) is 0 Å². The Morgan fingerprint density at radius 1 is 0.963 bits per heavy atom. The van der Waals surface area contributed by atoms with Gasteiger partial charge in [0, 0.05) is 26.7 Å². The molecule has 3 saturated carbocycles. The molecule has 0 heterocycles. The summed E-state index contributed by atoms with van der Waals surface area (Å²) in [5, 5.41) is 0. The Balaban J connectivity index is 1.63. The highest BCUT2D eigenvalue weighted by Crippen LogP contribution is 2.65. The third kappa shape index (κ3) is 3.03. The second-order valence-electron chi connectivity index (χ2n) is 10.1. The first-order valence-corrected chi connectivity index (χ1v) is 10.8. The maximum Gasteiger partial charge on any atom is 0.305 e. The second kappa shape index (κ2) is 6.35. The molecule has 0 aromatic carbocycles. The average Bonchev–Trinajstić information content (AvgIpc) is 2.96. The van der Waals surface area contributed by atoms with Gasteiger partial charge in [-0.05, 0) is 67.1 Å². The highest BCUT2D eigenvalue weighted by atomic mass is 16.7. The Hall–Kier alpha value is -1.32. The number of allylic oxidation sites excluding steroid dienone is 1. The smallest absolute Gasteiger partial charge is 0.305 e. The summed E-state index contributed by atoms with van der Waals surface area (Å²) in [5.74, 6) is 0.490. The van der Waals surface area contributed by atoms with Crippen LogP contribution in [0.3, 0.4) is 0 Å². The molecule has 0 unspecified atom stereocenters. The van der Waals surface area contributed by atoms with Crippen molar-refractivity contribution in [2.45, 2.75) is 91.3 Å². The molecule has 0 aliphatic heterocycles. The lowest BCUT2D eigenvalue weighted by Crippen LogP contribution is -2.53. The van der Waals surface area contributed by atoms with E-state index in [-0.39, 0.29) is 17.4 Å². The van der Waals surface area contributed by atoms with Crippen molar-refractivity contribution < 1.29 is 19.1 Å². The highest BCUT2D eigenvalue weighted by molar-refractivity contribution is 5.69. The fourth-order valence-corrected chi connectivity index (χ4v) is 7.32. The summed E-state index contributed by atoms with van der Waals surface area (Å²) >= 11 is 0. The van der Waals surface area contributed by atoms with Gasteiger partial charge in [0.2, 0.25) is 0 Å². The minimum atomic E-state index is -1.10. The molecule has 0 amide bonds. The van der Waals surface area contributed by atoms with E-state index in [2.05, 4.69) is 19.9 Å². The van der Waals surface area contributed by atoms with Gasteiger partial charge in [-0.3, -0.25) is 9.59 Å². The standard InChI is InChI=1S/C23H34O4/c1-15(24)26-23(27-16(2)25)13-12-22(4)17(14-23)7-8-18-19-6-5-10-21(19,3)11-9-20(18)22/h7,18-20H,5-6,8-14H2,1-4H3/t18-,19-,20-,21-,22-/m0/s1. The zero-order valence-electron chi connectivity index (χ0n) is 17.3. The first-order chi connectivity index (χ1) is 12.7. The maximum atomic E-state index is 11.7. The molecule has 150 valence electrons. The van der Waals surface area contributed by atoms with Gasteiger partial charge >= 0.3 is 11.9 Å². The molecule has 0 aromatic rings. The van der Waals surface area contributed by atoms with E-state index in [0.29, 0.717) is 24.2 Å². The molecular formula is C23H34O4. The van der Waals surface area contributed by atoms with Crippen LogP contribution in [-0.2, 0) is 19.1 Å². The van der Waals surface area contributed by atoms with Gasteiger partial charge in [0.25, 0.3) is 5.79 Å². The van der Waals surface area contributed by atoms with Crippen LogP contribution in [0.1, 0.15) is 85.5 Å². The zero-order chi connectivity index (χ0) is 19.4. The number of carbonyl (C=O) groups is 2. The van der Waals surface area contributed by atoms with E-state index in [1.165, 1.54) is 51.5 Å². The van der Waals surface area contributed by atoms with Gasteiger partial charge in [-0.2, -0.15) is 0 Å². The van der Waals surface area contributed by atoms with Gasteiger partial charge in [0.05, 0.1) is 0 Å². The normalized spacial score (nSPS) is 42.2. The third-order valence-corrected chi connectivity index (χ3v) is 8.55. The lowest BCUT2D eigenvalue weighted by atomic mass is 9.48. The van der Waals surface area contributed by atoms with Crippen molar-refractivity contribution in [3.05, 3.63) is 11.6 Å². The molecule has 0 N–H and O–H groups in total. The topological polar surface area (TPSA) is 52.6 Å². The number of ether oxygens (including phenoxy) is 2. The van der Waals surface area contributed by atoms with Crippen molar-refractivity contribution in [1.82, 2.24) is 0 Å². The number of esters is 2. The Labute approximate surface area is 163 Å². The predicted molar refractivity (Wildman–Crippen MR) is 103 cm³/mol. The number of fused-ring (bicyclic) bond motifs is 5. The largest absolute Gasteiger partial charge is 0.422 e. The molecule has 4 aliphatic carbocycles. The fraction of sp³-hybridized carbons (Fsp3) is 0.826. The molecule has 0 radical (unpaired) electrons. The Bertz CT molecular complexity index is 664. The average molecular weight is 375 g/mol. The molecule has 4 aliphatic rings. The van der Waals surface area contributed by atoms with Gasteiger partial charge in [-0.15, -0.1) is 0 Å². The Kier molecular flexibility index (Phi) is 4.47. The first kappa shape index (κ1) is 19.0. The lowest BCUT2D eigenvalue weighted by molar-refractivity contribution is -0.238. The summed E-state index contributed by atoms with van der Waals surface area (Å²) in [6, 6.07) is 0. The number of hydrogen-bond donors (Lipinski definition) is 0. The molecule has 4 nitrogen and oxygen atoms in total. The first-order valence-electron chi connectivity index (χ1n) is 10.8. The van der Waals surface area contributed by atoms with E-state index in [9.17, 15) is 9.59 Å². The molecule has 0 aromatic heterocycles. The van der Waals surface area contributed by atoms with Crippen LogP contribution in [0.5, 0.6) is 0 Å². The molecule has 3 fully saturated rings. The van der Waals surface area contributed by atoms with E-state index in [1.54, 1.807) is 0 Å². The summed E-state index contributed by atoms with van der Waals surface area (Å²) in [4.78, 5) is 23.4. The van der Waals surface area contributed by atoms with Crippen LogP contribution in [0.25, 0.3) is 0 Å². The van der Waals surface area contributed by atoms with E-state index in [4.69, 9.17) is 9.47 Å². The van der Waals surface area contributed by atoms with E-state index < -0.39 is 5.79 Å². The highest BCUT2D eigenvalue weighted by Gasteiger charge is 2.58. The van der Waals surface area contributed by atoms with Crippen LogP contribution in [0.4, 0.5) is 0 Å². The van der Waals surface area contributed by atoms with E-state index in [0.717, 1.165) is 24.7 Å². The molecule has 4 rings (SSSR count). The van der Waals surface area contributed by atoms with Crippen molar-refractivity contribution >= 4 is 11.9 Å². The van der Waals surface area contributed by atoms with Crippen LogP contribution in [0, 0.1) is 28.6 Å². The summed E-state index contributed by atoms with van der Waals surface area (Å²) in [6.45, 7) is 7.73. The molecule has 27 heavy (non-hydrogen) atoms. The number of rotatable bonds is 2. The van der Waals surface area contributed by atoms with Gasteiger partial charge < -0.3 is 9.47 Å². The molecule has 0 saturated heterocycles. The molecule has 5 atom stereocenters. The van der Waals surface area contributed by atoms with Crippen LogP contribution >= 0.6 is 0 Å². The van der Waals surface area contributed by atoms with Gasteiger partial charge in [0.1, 0.15) is 0 Å². The number of carbonyl (C=O) groups excluding carboxylic acids is 2. The number of hydrogen-bond acceptors (Lipinski definition) is 4. The summed E-state index contributed by atoms with van der Waals surface area (Å²) in [6.07, 6.45) is 12.4. The Morgan fingerprint density at radius 2 is 1.67 bits per heavy atom. The summed E-state index contributed by atoms with van der Waals surface area (Å²) < 4.78 is 11.2. The fourth-order valence-electron chi connectivity index (χ4n) is 7.32. The van der Waals surface area contributed by atoms with Crippen molar-refractivity contribution in [2.75, 3.05) is 0 Å². The zero-order valence-corrected chi connectivity index (χ0v) is 17.3. The van der Waals surface area contributed by atoms with Gasteiger partial charge in [-0.25, -0.2) is 0 Å². The SMILES string of the molecule is CC(=O)OC1(OC(C)=O)CC[C@@]2(C)C(=CC[C@H]3[C@@H]4CCC[C@@]4(C)CC[C@@H]32)C1. The van der Waals surface area contributed by atoms with Gasteiger partial charge in [0.15, 0.2) is 0 Å². The second-order valence-corrected chi connectivity index (χ2v) is 10.1. The Morgan fingerprint density at radius 3 is 2.33 bits per heavy atom. The predicted octanol–water partition coefficient (Wildman–Crippen LogP) is 5.16. The minimum Gasteiger partial charge on any atom is -0.422 e. The monoisotopic (exact) mass is 374 g/mol. The van der Waals surface area contributed by atoms with Crippen molar-refractivity contribution in [2.24, 2.45) is 28.6 Å². The van der Waals surface area contributed by atoms with Gasteiger partial charge in [-0.1, -0.05) is 31.9 Å². The molecular weight excluding hydrogens is 340 g/mol. The third-order valence-electron chi connectivity index (χ3n) is 8.55. The van der Waals surface area contributed by atoms with Crippen molar-refractivity contribution in [1.29, 1.82) is 0 Å². The van der Waals surface area contributed by atoms with Crippen LogP contribution in [-0.4, -0.2) is 17.7 Å². The summed E-state index contributed by atoms with van der Waals surface area (Å²) in [7, 11) is 0.